The summed E-state index contributed by atoms with van der Waals surface area (Å²) < 4.78 is 0. The van der Waals surface area contributed by atoms with Gasteiger partial charge >= 0.3 is 0 Å². The molecular formula is C19H24O2S. The Labute approximate surface area is 137 Å². The number of hydrogen-bond donors (Lipinski definition) is 2. The molecular weight excluding hydrogens is 292 g/mol. The number of aliphatic hydroxyl groups is 1. The van der Waals surface area contributed by atoms with Crippen LogP contribution >= 0.6 is 12.2 Å². The Hall–Kier alpha value is -0.930. The monoisotopic (exact) mass is 316 g/mol. The maximum absolute atomic E-state index is 10.2. The van der Waals surface area contributed by atoms with Crippen LogP contribution in [0.5, 0.6) is 5.75 Å². The molecule has 0 unspecified atom stereocenters. The third-order valence-electron chi connectivity index (χ3n) is 6.73. The fourth-order valence-electron chi connectivity index (χ4n) is 5.84. The second-order valence-electron chi connectivity index (χ2n) is 7.96. The third kappa shape index (κ3) is 2.05. The second-order valence-corrected chi connectivity index (χ2v) is 8.24. The summed E-state index contributed by atoms with van der Waals surface area (Å²) in [5, 5.41) is 22.0. The zero-order valence-corrected chi connectivity index (χ0v) is 13.9. The standard InChI is InChI=1S/C19H24O2S/c1-19-5-4-16-15-3-2-13(20)7-11(15)6-12(10-22)18(16)17(19)8-14(21)9-19/h2-3,7,10,12,14,16-18,20-21H,4-6,8-9H2,1H3/t12-,14+,16+,17-,18+,19+/m0/s1. The number of benzene rings is 1. The van der Waals surface area contributed by atoms with Crippen molar-refractivity contribution in [3.63, 3.8) is 0 Å². The molecule has 2 nitrogen and oxygen atoms in total. The van der Waals surface area contributed by atoms with Crippen LogP contribution in [-0.4, -0.2) is 21.7 Å². The van der Waals surface area contributed by atoms with Crippen LogP contribution in [0.4, 0.5) is 0 Å². The van der Waals surface area contributed by atoms with Gasteiger partial charge in [-0.1, -0.05) is 25.2 Å². The van der Waals surface area contributed by atoms with Crippen molar-refractivity contribution in [3.05, 3.63) is 29.3 Å². The zero-order chi connectivity index (χ0) is 15.5. The molecule has 0 aromatic heterocycles. The number of phenolic OH excluding ortho intramolecular Hbond substituents is 1. The van der Waals surface area contributed by atoms with E-state index in [2.05, 4.69) is 13.0 Å². The van der Waals surface area contributed by atoms with Crippen LogP contribution in [0, 0.1) is 23.2 Å². The van der Waals surface area contributed by atoms with Gasteiger partial charge in [0.05, 0.1) is 6.10 Å². The van der Waals surface area contributed by atoms with E-state index < -0.39 is 0 Å². The van der Waals surface area contributed by atoms with Crippen molar-refractivity contribution in [1.82, 2.24) is 0 Å². The van der Waals surface area contributed by atoms with Gasteiger partial charge in [-0.15, -0.1) is 0 Å². The molecule has 0 amide bonds. The fourth-order valence-corrected chi connectivity index (χ4v) is 6.11. The second kappa shape index (κ2) is 5.04. The first-order chi connectivity index (χ1) is 10.5. The largest absolute Gasteiger partial charge is 0.508 e. The Morgan fingerprint density at radius 2 is 2.18 bits per heavy atom. The van der Waals surface area contributed by atoms with Crippen LogP contribution in [0.25, 0.3) is 0 Å². The van der Waals surface area contributed by atoms with E-state index in [-0.39, 0.29) is 11.5 Å². The van der Waals surface area contributed by atoms with Crippen LogP contribution in [-0.2, 0) is 6.42 Å². The Balaban J connectivity index is 1.78. The quantitative estimate of drug-likeness (QED) is 0.774. The average Bonchev–Trinajstić information content (AvgIpc) is 2.79. The smallest absolute Gasteiger partial charge is 0.115 e. The van der Waals surface area contributed by atoms with Gasteiger partial charge in [0.25, 0.3) is 0 Å². The van der Waals surface area contributed by atoms with E-state index in [1.807, 2.05) is 17.5 Å². The maximum atomic E-state index is 10.2. The first-order valence-electron chi connectivity index (χ1n) is 8.47. The molecule has 4 rings (SSSR count). The van der Waals surface area contributed by atoms with Crippen molar-refractivity contribution in [3.8, 4) is 5.75 Å². The molecule has 0 heterocycles. The van der Waals surface area contributed by atoms with Gasteiger partial charge in [-0.3, -0.25) is 0 Å². The number of hydrogen-bond acceptors (Lipinski definition) is 3. The predicted molar refractivity (Wildman–Crippen MR) is 91.3 cm³/mol. The van der Waals surface area contributed by atoms with E-state index in [0.717, 1.165) is 19.3 Å². The number of rotatable bonds is 1. The van der Waals surface area contributed by atoms with Gasteiger partial charge < -0.3 is 10.2 Å². The first-order valence-corrected chi connectivity index (χ1v) is 8.94. The van der Waals surface area contributed by atoms with Gasteiger partial charge in [-0.25, -0.2) is 0 Å². The van der Waals surface area contributed by atoms with E-state index in [9.17, 15) is 10.2 Å². The Bertz CT molecular complexity index is 613. The highest BCUT2D eigenvalue weighted by molar-refractivity contribution is 7.79. The lowest BCUT2D eigenvalue weighted by Gasteiger charge is -2.51. The van der Waals surface area contributed by atoms with Gasteiger partial charge in [-0.2, -0.15) is 0 Å². The SMILES string of the molecule is C[C@]12CC[C@@H]3c4ccc(O)cc4C[C@@H](C=S)[C@H]3[C@@H]1C[C@@H](O)C2. The predicted octanol–water partition coefficient (Wildman–Crippen LogP) is 3.84. The third-order valence-corrected chi connectivity index (χ3v) is 7.08. The van der Waals surface area contributed by atoms with E-state index in [0.29, 0.717) is 29.4 Å². The summed E-state index contributed by atoms with van der Waals surface area (Å²) in [6.45, 7) is 2.37. The minimum Gasteiger partial charge on any atom is -0.508 e. The van der Waals surface area contributed by atoms with Gasteiger partial charge in [0.15, 0.2) is 0 Å². The molecule has 0 spiro atoms. The summed E-state index contributed by atoms with van der Waals surface area (Å²) in [6, 6.07) is 5.87. The summed E-state index contributed by atoms with van der Waals surface area (Å²) >= 11 is 5.38. The van der Waals surface area contributed by atoms with Crippen molar-refractivity contribution in [2.45, 2.75) is 51.0 Å². The molecule has 3 aliphatic carbocycles. The van der Waals surface area contributed by atoms with Crippen LogP contribution in [0.3, 0.4) is 0 Å². The van der Waals surface area contributed by atoms with Crippen LogP contribution < -0.4 is 0 Å². The lowest BCUT2D eigenvalue weighted by molar-refractivity contribution is 0.0454. The number of fused-ring (bicyclic) bond motifs is 5. The lowest BCUT2D eigenvalue weighted by atomic mass is 9.53. The van der Waals surface area contributed by atoms with Crippen molar-refractivity contribution in [2.75, 3.05) is 0 Å². The summed E-state index contributed by atoms with van der Waals surface area (Å²) in [7, 11) is 0. The van der Waals surface area contributed by atoms with Crippen molar-refractivity contribution < 1.29 is 10.2 Å². The zero-order valence-electron chi connectivity index (χ0n) is 13.0. The minimum atomic E-state index is -0.138. The van der Waals surface area contributed by atoms with E-state index in [4.69, 9.17) is 12.2 Å². The Morgan fingerprint density at radius 1 is 1.36 bits per heavy atom. The van der Waals surface area contributed by atoms with Crippen LogP contribution in [0.1, 0.15) is 49.7 Å². The normalized spacial score (nSPS) is 43.1. The van der Waals surface area contributed by atoms with E-state index >= 15 is 0 Å². The first kappa shape index (κ1) is 14.6. The van der Waals surface area contributed by atoms with Crippen molar-refractivity contribution in [1.29, 1.82) is 0 Å². The highest BCUT2D eigenvalue weighted by atomic mass is 32.1. The van der Waals surface area contributed by atoms with Crippen molar-refractivity contribution >= 4 is 17.6 Å². The Kier molecular flexibility index (Phi) is 3.35. The molecule has 22 heavy (non-hydrogen) atoms. The fraction of sp³-hybridized carbons (Fsp3) is 0.632. The van der Waals surface area contributed by atoms with Gasteiger partial charge in [-0.05, 0) is 89.8 Å². The highest BCUT2D eigenvalue weighted by Crippen LogP contribution is 2.61. The van der Waals surface area contributed by atoms with Gasteiger partial charge in [0.1, 0.15) is 5.75 Å². The minimum absolute atomic E-state index is 0.138. The molecule has 6 atom stereocenters. The molecule has 1 aromatic carbocycles. The molecule has 0 saturated heterocycles. The maximum Gasteiger partial charge on any atom is 0.115 e. The molecule has 0 aliphatic heterocycles. The number of aliphatic hydroxyl groups excluding tert-OH is 1. The molecule has 3 aliphatic rings. The summed E-state index contributed by atoms with van der Waals surface area (Å²) in [5.41, 5.74) is 2.97. The number of thiocarbonyl (C=S) groups is 1. The molecule has 0 bridgehead atoms. The van der Waals surface area contributed by atoms with Gasteiger partial charge in [0.2, 0.25) is 0 Å². The summed E-state index contributed by atoms with van der Waals surface area (Å²) in [5.74, 6) is 2.43. The highest BCUT2D eigenvalue weighted by Gasteiger charge is 2.54. The molecule has 3 heteroatoms. The van der Waals surface area contributed by atoms with Crippen LogP contribution in [0.15, 0.2) is 18.2 Å². The molecule has 0 radical (unpaired) electrons. The van der Waals surface area contributed by atoms with Crippen molar-refractivity contribution in [2.24, 2.45) is 23.2 Å². The van der Waals surface area contributed by atoms with E-state index in [1.54, 1.807) is 0 Å². The molecule has 2 N–H and O–H groups in total. The van der Waals surface area contributed by atoms with Gasteiger partial charge in [0, 0.05) is 0 Å². The Morgan fingerprint density at radius 3 is 2.95 bits per heavy atom. The lowest BCUT2D eigenvalue weighted by Crippen LogP contribution is -2.44. The van der Waals surface area contributed by atoms with E-state index in [1.165, 1.54) is 24.0 Å². The topological polar surface area (TPSA) is 40.5 Å². The summed E-state index contributed by atoms with van der Waals surface area (Å²) in [4.78, 5) is 0. The average molecular weight is 316 g/mol. The number of phenols is 1. The summed E-state index contributed by atoms with van der Waals surface area (Å²) in [6.07, 6.45) is 5.07. The molecule has 118 valence electrons. The number of aromatic hydroxyl groups is 1. The molecule has 1 aromatic rings. The molecule has 2 saturated carbocycles. The van der Waals surface area contributed by atoms with Crippen LogP contribution in [0.2, 0.25) is 0 Å². The molecule has 2 fully saturated rings.